The largest absolute Gasteiger partial charge is 0.508 e. The molecule has 1 aliphatic heterocycles. The molecule has 1 aliphatic rings. The van der Waals surface area contributed by atoms with Crippen molar-refractivity contribution >= 4 is 5.78 Å². The minimum Gasteiger partial charge on any atom is -0.508 e. The van der Waals surface area contributed by atoms with Gasteiger partial charge in [0.25, 0.3) is 0 Å². The number of carbonyl (C=O) groups is 1. The van der Waals surface area contributed by atoms with E-state index >= 15 is 0 Å². The number of aromatic hydroxyl groups is 1. The van der Waals surface area contributed by atoms with Gasteiger partial charge >= 0.3 is 0 Å². The highest BCUT2D eigenvalue weighted by Crippen LogP contribution is 2.25. The third-order valence-corrected chi connectivity index (χ3v) is 3.52. The summed E-state index contributed by atoms with van der Waals surface area (Å²) in [4.78, 5) is 13.7. The Balaban J connectivity index is 2.17. The normalized spacial score (nSPS) is 22.7. The summed E-state index contributed by atoms with van der Waals surface area (Å²) in [5, 5.41) is 9.97. The Labute approximate surface area is 120 Å². The van der Waals surface area contributed by atoms with Crippen molar-refractivity contribution in [1.82, 2.24) is 4.90 Å². The van der Waals surface area contributed by atoms with Crippen LogP contribution in [0.4, 0.5) is 0 Å². The van der Waals surface area contributed by atoms with Crippen LogP contribution in [0.15, 0.2) is 18.2 Å². The lowest BCUT2D eigenvalue weighted by molar-refractivity contribution is -0.130. The number of hydrogen-bond donors (Lipinski definition) is 1. The number of ether oxygens (including phenoxy) is 1. The van der Waals surface area contributed by atoms with E-state index in [4.69, 9.17) is 4.74 Å². The van der Waals surface area contributed by atoms with Crippen molar-refractivity contribution in [3.63, 3.8) is 0 Å². The molecule has 0 amide bonds. The van der Waals surface area contributed by atoms with Crippen molar-refractivity contribution in [2.75, 3.05) is 13.1 Å². The Morgan fingerprint density at radius 2 is 2.20 bits per heavy atom. The number of nitrogens with zero attached hydrogens (tertiary/aromatic N) is 1. The maximum atomic E-state index is 11.4. The number of phenols is 1. The molecule has 1 N–H and O–H groups in total. The Morgan fingerprint density at radius 3 is 2.80 bits per heavy atom. The first-order valence-electron chi connectivity index (χ1n) is 7.00. The van der Waals surface area contributed by atoms with Crippen molar-refractivity contribution in [2.45, 2.75) is 45.9 Å². The van der Waals surface area contributed by atoms with E-state index < -0.39 is 0 Å². The quantitative estimate of drug-likeness (QED) is 0.863. The summed E-state index contributed by atoms with van der Waals surface area (Å²) in [5.41, 5.74) is 1.24. The van der Waals surface area contributed by atoms with E-state index in [0.717, 1.165) is 18.7 Å². The maximum Gasteiger partial charge on any atom is 0.159 e. The summed E-state index contributed by atoms with van der Waals surface area (Å²) >= 11 is 0. The molecule has 0 radical (unpaired) electrons. The first kappa shape index (κ1) is 15.0. The van der Waals surface area contributed by atoms with Gasteiger partial charge in [0.1, 0.15) is 5.75 Å². The van der Waals surface area contributed by atoms with Gasteiger partial charge in [0.2, 0.25) is 0 Å². The number of benzene rings is 1. The molecule has 1 heterocycles. The summed E-state index contributed by atoms with van der Waals surface area (Å²) in [6.45, 7) is 10.00. The Kier molecular flexibility index (Phi) is 4.16. The molecule has 0 aromatic heterocycles. The minimum atomic E-state index is -0.189. The fourth-order valence-electron chi connectivity index (χ4n) is 2.88. The van der Waals surface area contributed by atoms with Crippen LogP contribution in [0.3, 0.4) is 0 Å². The van der Waals surface area contributed by atoms with E-state index in [-0.39, 0.29) is 23.2 Å². The second kappa shape index (κ2) is 5.54. The molecule has 4 nitrogen and oxygen atoms in total. The number of carbonyl (C=O) groups excluding carboxylic acids is 1. The highest BCUT2D eigenvalue weighted by Gasteiger charge is 2.31. The predicted octanol–water partition coefficient (Wildman–Crippen LogP) is 2.59. The summed E-state index contributed by atoms with van der Waals surface area (Å²) in [5.74, 6) is 0.258. The van der Waals surface area contributed by atoms with Crippen molar-refractivity contribution in [2.24, 2.45) is 0 Å². The molecule has 1 unspecified atom stereocenters. The van der Waals surface area contributed by atoms with E-state index in [0.29, 0.717) is 12.1 Å². The summed E-state index contributed by atoms with van der Waals surface area (Å²) in [6.07, 6.45) is 0.164. The van der Waals surface area contributed by atoms with E-state index in [1.54, 1.807) is 18.2 Å². The molecule has 0 aliphatic carbocycles. The molecule has 0 bridgehead atoms. The third-order valence-electron chi connectivity index (χ3n) is 3.52. The molecule has 1 saturated heterocycles. The number of Topliss-reactive ketones (excluding diaryl/α,β-unsaturated/α-hetero) is 1. The molecule has 20 heavy (non-hydrogen) atoms. The van der Waals surface area contributed by atoms with Crippen molar-refractivity contribution < 1.29 is 14.6 Å². The maximum absolute atomic E-state index is 11.4. The van der Waals surface area contributed by atoms with Crippen LogP contribution in [0.1, 0.15) is 43.6 Å². The van der Waals surface area contributed by atoms with Gasteiger partial charge in [0.05, 0.1) is 11.7 Å². The van der Waals surface area contributed by atoms with Crippen LogP contribution in [0.2, 0.25) is 0 Å². The Hall–Kier alpha value is -1.39. The van der Waals surface area contributed by atoms with Gasteiger partial charge in [-0.05, 0) is 45.9 Å². The fourth-order valence-corrected chi connectivity index (χ4v) is 2.88. The van der Waals surface area contributed by atoms with Gasteiger partial charge in [-0.25, -0.2) is 0 Å². The van der Waals surface area contributed by atoms with Crippen molar-refractivity contribution in [3.8, 4) is 5.75 Å². The van der Waals surface area contributed by atoms with Crippen LogP contribution in [0.25, 0.3) is 0 Å². The SMILES string of the molecule is CC(=O)c1ccc(O)c(CN2CC(C)OC(C)(C)C2)c1. The van der Waals surface area contributed by atoms with Gasteiger partial charge in [-0.3, -0.25) is 9.69 Å². The van der Waals surface area contributed by atoms with Crippen LogP contribution in [-0.4, -0.2) is 40.6 Å². The van der Waals surface area contributed by atoms with Crippen LogP contribution in [0.5, 0.6) is 5.75 Å². The smallest absolute Gasteiger partial charge is 0.159 e. The van der Waals surface area contributed by atoms with Crippen molar-refractivity contribution in [3.05, 3.63) is 29.3 Å². The average molecular weight is 277 g/mol. The topological polar surface area (TPSA) is 49.8 Å². The van der Waals surface area contributed by atoms with E-state index in [1.807, 2.05) is 0 Å². The monoisotopic (exact) mass is 277 g/mol. The van der Waals surface area contributed by atoms with Gasteiger partial charge in [-0.1, -0.05) is 0 Å². The second-order valence-corrected chi connectivity index (χ2v) is 6.26. The van der Waals surface area contributed by atoms with Crippen LogP contribution >= 0.6 is 0 Å². The van der Waals surface area contributed by atoms with Gasteiger partial charge in [0, 0.05) is 30.8 Å². The van der Waals surface area contributed by atoms with Gasteiger partial charge < -0.3 is 9.84 Å². The van der Waals surface area contributed by atoms with E-state index in [9.17, 15) is 9.90 Å². The molecule has 1 fully saturated rings. The van der Waals surface area contributed by atoms with Gasteiger partial charge in [-0.2, -0.15) is 0 Å². The Morgan fingerprint density at radius 1 is 1.50 bits per heavy atom. The van der Waals surface area contributed by atoms with Gasteiger partial charge in [-0.15, -0.1) is 0 Å². The first-order chi connectivity index (χ1) is 9.27. The number of morpholine rings is 1. The second-order valence-electron chi connectivity index (χ2n) is 6.26. The number of phenolic OH excluding ortho intramolecular Hbond substituents is 1. The summed E-state index contributed by atoms with van der Waals surface area (Å²) < 4.78 is 5.88. The third kappa shape index (κ3) is 3.58. The van der Waals surface area contributed by atoms with Gasteiger partial charge in [0.15, 0.2) is 5.78 Å². The van der Waals surface area contributed by atoms with Crippen LogP contribution in [-0.2, 0) is 11.3 Å². The lowest BCUT2D eigenvalue weighted by atomic mass is 10.0. The molecule has 110 valence electrons. The summed E-state index contributed by atoms with van der Waals surface area (Å²) in [7, 11) is 0. The molecular formula is C16H23NO3. The van der Waals surface area contributed by atoms with E-state index in [1.165, 1.54) is 6.92 Å². The number of rotatable bonds is 3. The lowest BCUT2D eigenvalue weighted by Crippen LogP contribution is -2.51. The van der Waals surface area contributed by atoms with E-state index in [2.05, 4.69) is 25.7 Å². The molecule has 2 rings (SSSR count). The minimum absolute atomic E-state index is 0.0157. The highest BCUT2D eigenvalue weighted by molar-refractivity contribution is 5.94. The summed E-state index contributed by atoms with van der Waals surface area (Å²) in [6, 6.07) is 5.04. The van der Waals surface area contributed by atoms with Crippen LogP contribution < -0.4 is 0 Å². The zero-order valence-corrected chi connectivity index (χ0v) is 12.6. The molecule has 0 saturated carbocycles. The zero-order valence-electron chi connectivity index (χ0n) is 12.6. The molecule has 1 atom stereocenters. The molecule has 4 heteroatoms. The lowest BCUT2D eigenvalue weighted by Gasteiger charge is -2.41. The first-order valence-corrected chi connectivity index (χ1v) is 7.00. The Bertz CT molecular complexity index is 510. The number of ketones is 1. The predicted molar refractivity (Wildman–Crippen MR) is 78.0 cm³/mol. The molecule has 0 spiro atoms. The average Bonchev–Trinajstić information content (AvgIpc) is 2.28. The van der Waals surface area contributed by atoms with Crippen molar-refractivity contribution in [1.29, 1.82) is 0 Å². The van der Waals surface area contributed by atoms with Crippen LogP contribution in [0, 0.1) is 0 Å². The molecule has 1 aromatic carbocycles. The fraction of sp³-hybridized carbons (Fsp3) is 0.562. The molecule has 1 aromatic rings. The zero-order chi connectivity index (χ0) is 14.9. The molecular weight excluding hydrogens is 254 g/mol. The number of hydrogen-bond acceptors (Lipinski definition) is 4. The standard InChI is InChI=1S/C16H23NO3/c1-11-8-17(10-16(3,4)20-11)9-14-7-13(12(2)18)5-6-15(14)19/h5-7,11,19H,8-10H2,1-4H3. The highest BCUT2D eigenvalue weighted by atomic mass is 16.5.